The minimum atomic E-state index is -0.277. The van der Waals surface area contributed by atoms with Crippen LogP contribution >= 0.6 is 15.9 Å². The SMILES string of the molecule is COc1cc(O)cc(C(=O)CBr)c1C#N. The lowest BCUT2D eigenvalue weighted by Crippen LogP contribution is -2.04. The summed E-state index contributed by atoms with van der Waals surface area (Å²) < 4.78 is 4.90. The Morgan fingerprint density at radius 3 is 2.80 bits per heavy atom. The van der Waals surface area contributed by atoms with Crippen LogP contribution in [0.4, 0.5) is 0 Å². The quantitative estimate of drug-likeness (QED) is 0.672. The van der Waals surface area contributed by atoms with Crippen molar-refractivity contribution in [1.29, 1.82) is 5.26 Å². The van der Waals surface area contributed by atoms with Crippen LogP contribution in [0.5, 0.6) is 11.5 Å². The summed E-state index contributed by atoms with van der Waals surface area (Å²) in [5.74, 6) is -0.183. The zero-order valence-electron chi connectivity index (χ0n) is 7.95. The lowest BCUT2D eigenvalue weighted by Gasteiger charge is -2.07. The van der Waals surface area contributed by atoms with E-state index in [1.807, 2.05) is 6.07 Å². The lowest BCUT2D eigenvalue weighted by atomic mass is 10.0. The Bertz CT molecular complexity index is 437. The molecule has 1 aromatic carbocycles. The minimum Gasteiger partial charge on any atom is -0.508 e. The highest BCUT2D eigenvalue weighted by molar-refractivity contribution is 9.09. The number of carbonyl (C=O) groups is 1. The molecule has 0 aromatic heterocycles. The molecule has 0 aliphatic carbocycles. The first kappa shape index (κ1) is 11.5. The molecule has 0 saturated heterocycles. The third-order valence-electron chi connectivity index (χ3n) is 1.84. The van der Waals surface area contributed by atoms with Crippen LogP contribution in [0, 0.1) is 11.3 Å². The number of halogens is 1. The first-order valence-corrected chi connectivity index (χ1v) is 5.16. The highest BCUT2D eigenvalue weighted by Gasteiger charge is 2.16. The molecular formula is C10H8BrNO3. The number of phenolic OH excluding ortho intramolecular Hbond substituents is 1. The monoisotopic (exact) mass is 269 g/mol. The fourth-order valence-electron chi connectivity index (χ4n) is 1.17. The average molecular weight is 270 g/mol. The van der Waals surface area contributed by atoms with Crippen molar-refractivity contribution < 1.29 is 14.6 Å². The molecule has 0 aliphatic heterocycles. The van der Waals surface area contributed by atoms with Crippen molar-refractivity contribution in [3.05, 3.63) is 23.3 Å². The van der Waals surface area contributed by atoms with Crippen molar-refractivity contribution >= 4 is 21.7 Å². The number of hydrogen-bond donors (Lipinski definition) is 1. The van der Waals surface area contributed by atoms with Crippen LogP contribution < -0.4 is 4.74 Å². The molecule has 0 bridgehead atoms. The second-order valence-electron chi connectivity index (χ2n) is 2.74. The number of benzene rings is 1. The number of Topliss-reactive ketones (excluding diaryl/α,β-unsaturated/α-hetero) is 1. The van der Waals surface area contributed by atoms with Crippen LogP contribution in [0.15, 0.2) is 12.1 Å². The maximum atomic E-state index is 11.4. The minimum absolute atomic E-state index is 0.0916. The zero-order valence-corrected chi connectivity index (χ0v) is 9.54. The van der Waals surface area contributed by atoms with E-state index in [0.29, 0.717) is 0 Å². The van der Waals surface area contributed by atoms with Gasteiger partial charge in [0.1, 0.15) is 23.1 Å². The van der Waals surface area contributed by atoms with Crippen molar-refractivity contribution in [2.75, 3.05) is 12.4 Å². The summed E-state index contributed by atoms with van der Waals surface area (Å²) in [6, 6.07) is 4.43. The molecule has 0 unspecified atom stereocenters. The number of alkyl halides is 1. The number of carbonyl (C=O) groups excluding carboxylic acids is 1. The number of methoxy groups -OCH3 is 1. The van der Waals surface area contributed by atoms with Crippen LogP contribution in [0.25, 0.3) is 0 Å². The maximum Gasteiger partial charge on any atom is 0.174 e. The van der Waals surface area contributed by atoms with E-state index in [-0.39, 0.29) is 33.7 Å². The van der Waals surface area contributed by atoms with E-state index in [0.717, 1.165) is 0 Å². The van der Waals surface area contributed by atoms with Gasteiger partial charge in [0.2, 0.25) is 0 Å². The summed E-state index contributed by atoms with van der Waals surface area (Å²) in [6.45, 7) is 0. The van der Waals surface area contributed by atoms with Gasteiger partial charge in [-0.1, -0.05) is 15.9 Å². The van der Waals surface area contributed by atoms with Crippen molar-refractivity contribution in [2.45, 2.75) is 0 Å². The molecule has 0 aliphatic rings. The van der Waals surface area contributed by atoms with Crippen molar-refractivity contribution in [2.24, 2.45) is 0 Å². The van der Waals surface area contributed by atoms with E-state index in [1.165, 1.54) is 19.2 Å². The molecule has 78 valence electrons. The number of phenols is 1. The van der Waals surface area contributed by atoms with Gasteiger partial charge in [0, 0.05) is 11.6 Å². The van der Waals surface area contributed by atoms with E-state index >= 15 is 0 Å². The summed E-state index contributed by atoms with van der Waals surface area (Å²) in [5.41, 5.74) is 0.297. The number of ketones is 1. The number of rotatable bonds is 3. The van der Waals surface area contributed by atoms with Crippen molar-refractivity contribution in [3.8, 4) is 17.6 Å². The van der Waals surface area contributed by atoms with Gasteiger partial charge in [-0.05, 0) is 6.07 Å². The zero-order chi connectivity index (χ0) is 11.4. The molecule has 0 atom stereocenters. The Morgan fingerprint density at radius 2 is 2.33 bits per heavy atom. The fraction of sp³-hybridized carbons (Fsp3) is 0.200. The number of nitrogens with zero attached hydrogens (tertiary/aromatic N) is 1. The van der Waals surface area contributed by atoms with Crippen LogP contribution in [0.2, 0.25) is 0 Å². The average Bonchev–Trinajstić information content (AvgIpc) is 2.26. The first-order chi connectivity index (χ1) is 7.13. The molecule has 0 fully saturated rings. The van der Waals surface area contributed by atoms with Gasteiger partial charge in [0.05, 0.1) is 12.4 Å². The third kappa shape index (κ3) is 2.28. The van der Waals surface area contributed by atoms with Crippen LogP contribution in [-0.4, -0.2) is 23.3 Å². The number of ether oxygens (including phenoxy) is 1. The van der Waals surface area contributed by atoms with E-state index in [9.17, 15) is 9.90 Å². The van der Waals surface area contributed by atoms with Crippen molar-refractivity contribution in [1.82, 2.24) is 0 Å². The smallest absolute Gasteiger partial charge is 0.174 e. The summed E-state index contributed by atoms with van der Waals surface area (Å²) in [6.07, 6.45) is 0. The predicted octanol–water partition coefficient (Wildman–Crippen LogP) is 1.85. The van der Waals surface area contributed by atoms with E-state index in [2.05, 4.69) is 15.9 Å². The second-order valence-corrected chi connectivity index (χ2v) is 3.30. The topological polar surface area (TPSA) is 70.3 Å². The number of aromatic hydroxyl groups is 1. The molecule has 0 spiro atoms. The Hall–Kier alpha value is -1.54. The third-order valence-corrected chi connectivity index (χ3v) is 2.35. The van der Waals surface area contributed by atoms with Gasteiger partial charge < -0.3 is 9.84 Å². The molecule has 1 N–H and O–H groups in total. The molecule has 0 heterocycles. The van der Waals surface area contributed by atoms with Gasteiger partial charge in [-0.25, -0.2) is 0 Å². The Morgan fingerprint density at radius 1 is 1.67 bits per heavy atom. The molecular weight excluding hydrogens is 262 g/mol. The molecule has 4 nitrogen and oxygen atoms in total. The highest BCUT2D eigenvalue weighted by Crippen LogP contribution is 2.28. The number of hydrogen-bond acceptors (Lipinski definition) is 4. The molecule has 0 amide bonds. The van der Waals surface area contributed by atoms with Crippen LogP contribution in [0.1, 0.15) is 15.9 Å². The first-order valence-electron chi connectivity index (χ1n) is 4.04. The molecule has 0 saturated carbocycles. The van der Waals surface area contributed by atoms with Crippen molar-refractivity contribution in [3.63, 3.8) is 0 Å². The summed E-state index contributed by atoms with van der Waals surface area (Å²) in [4.78, 5) is 11.4. The summed E-state index contributed by atoms with van der Waals surface area (Å²) >= 11 is 3.00. The summed E-state index contributed by atoms with van der Waals surface area (Å²) in [7, 11) is 1.37. The van der Waals surface area contributed by atoms with Gasteiger partial charge in [0.25, 0.3) is 0 Å². The molecule has 5 heteroatoms. The highest BCUT2D eigenvalue weighted by atomic mass is 79.9. The Balaban J connectivity index is 3.43. The summed E-state index contributed by atoms with van der Waals surface area (Å²) in [5, 5.41) is 18.3. The van der Waals surface area contributed by atoms with Gasteiger partial charge >= 0.3 is 0 Å². The van der Waals surface area contributed by atoms with Gasteiger partial charge in [0.15, 0.2) is 5.78 Å². The largest absolute Gasteiger partial charge is 0.508 e. The standard InChI is InChI=1S/C10H8BrNO3/c1-15-10-3-6(13)2-7(8(10)5-12)9(14)4-11/h2-3,13H,4H2,1H3. The van der Waals surface area contributed by atoms with Gasteiger partial charge in [-0.15, -0.1) is 0 Å². The van der Waals surface area contributed by atoms with Gasteiger partial charge in [-0.2, -0.15) is 5.26 Å². The molecule has 15 heavy (non-hydrogen) atoms. The molecule has 0 radical (unpaired) electrons. The van der Waals surface area contributed by atoms with Gasteiger partial charge in [-0.3, -0.25) is 4.79 Å². The second kappa shape index (κ2) is 4.80. The maximum absolute atomic E-state index is 11.4. The molecule has 1 rings (SSSR count). The van der Waals surface area contributed by atoms with E-state index in [4.69, 9.17) is 10.00 Å². The normalized spacial score (nSPS) is 9.40. The Labute approximate surface area is 95.2 Å². The van der Waals surface area contributed by atoms with Crippen LogP contribution in [0.3, 0.4) is 0 Å². The molecule has 1 aromatic rings. The fourth-order valence-corrected chi connectivity index (χ4v) is 1.47. The lowest BCUT2D eigenvalue weighted by molar-refractivity contribution is 0.102. The Kier molecular flexibility index (Phi) is 3.69. The van der Waals surface area contributed by atoms with E-state index in [1.54, 1.807) is 0 Å². The number of nitriles is 1. The predicted molar refractivity (Wildman–Crippen MR) is 57.5 cm³/mol. The van der Waals surface area contributed by atoms with E-state index < -0.39 is 0 Å². The van der Waals surface area contributed by atoms with Crippen LogP contribution in [-0.2, 0) is 0 Å².